The third-order valence-corrected chi connectivity index (χ3v) is 3.98. The molecule has 1 N–H and O–H groups in total. The number of rotatable bonds is 6. The zero-order valence-corrected chi connectivity index (χ0v) is 13.6. The van der Waals surface area contributed by atoms with Crippen molar-refractivity contribution in [1.29, 1.82) is 0 Å². The molecule has 6 nitrogen and oxygen atoms in total. The number of nitrogens with one attached hydrogen (secondary N) is 1. The SMILES string of the molecule is CCN1CCOC(CNCc2cc(Br)cc([N+](=O)[O-])c2)C1. The quantitative estimate of drug-likeness (QED) is 0.624. The van der Waals surface area contributed by atoms with E-state index in [2.05, 4.69) is 33.1 Å². The van der Waals surface area contributed by atoms with E-state index >= 15 is 0 Å². The zero-order chi connectivity index (χ0) is 15.2. The van der Waals surface area contributed by atoms with Crippen LogP contribution in [0.25, 0.3) is 0 Å². The molecule has 2 rings (SSSR count). The number of likely N-dealkylation sites (N-methyl/N-ethyl adjacent to an activating group) is 1. The number of nitro benzene ring substituents is 1. The smallest absolute Gasteiger partial charge is 0.270 e. The lowest BCUT2D eigenvalue weighted by Crippen LogP contribution is -2.46. The maximum absolute atomic E-state index is 10.8. The number of nitro groups is 1. The van der Waals surface area contributed by atoms with Crippen LogP contribution in [-0.2, 0) is 11.3 Å². The second kappa shape index (κ2) is 7.84. The maximum Gasteiger partial charge on any atom is 0.270 e. The summed E-state index contributed by atoms with van der Waals surface area (Å²) in [4.78, 5) is 12.8. The van der Waals surface area contributed by atoms with Crippen molar-refractivity contribution in [2.24, 2.45) is 0 Å². The van der Waals surface area contributed by atoms with Crippen LogP contribution in [0.1, 0.15) is 12.5 Å². The first-order chi connectivity index (χ1) is 10.1. The average molecular weight is 358 g/mol. The second-order valence-corrected chi connectivity index (χ2v) is 6.01. The van der Waals surface area contributed by atoms with Crippen LogP contribution in [-0.4, -0.2) is 48.7 Å². The van der Waals surface area contributed by atoms with Crippen LogP contribution in [0.5, 0.6) is 0 Å². The maximum atomic E-state index is 10.8. The second-order valence-electron chi connectivity index (χ2n) is 5.09. The molecular formula is C14H20BrN3O3. The van der Waals surface area contributed by atoms with E-state index < -0.39 is 0 Å². The van der Waals surface area contributed by atoms with Gasteiger partial charge in [-0.1, -0.05) is 22.9 Å². The molecule has 1 aromatic carbocycles. The Hall–Kier alpha value is -1.02. The van der Waals surface area contributed by atoms with E-state index in [1.807, 2.05) is 6.07 Å². The first kappa shape index (κ1) is 16.4. The normalized spacial score (nSPS) is 19.6. The Morgan fingerprint density at radius 2 is 2.33 bits per heavy atom. The first-order valence-electron chi connectivity index (χ1n) is 7.07. The van der Waals surface area contributed by atoms with Gasteiger partial charge in [0.25, 0.3) is 5.69 Å². The van der Waals surface area contributed by atoms with E-state index in [9.17, 15) is 10.1 Å². The Balaban J connectivity index is 1.84. The van der Waals surface area contributed by atoms with Crippen molar-refractivity contribution in [3.05, 3.63) is 38.3 Å². The Labute approximate surface area is 132 Å². The number of hydrogen-bond acceptors (Lipinski definition) is 5. The molecule has 1 aromatic rings. The largest absolute Gasteiger partial charge is 0.374 e. The molecule has 1 aliphatic rings. The average Bonchev–Trinajstić information content (AvgIpc) is 2.47. The van der Waals surface area contributed by atoms with Gasteiger partial charge in [0.1, 0.15) is 0 Å². The summed E-state index contributed by atoms with van der Waals surface area (Å²) < 4.78 is 6.43. The fourth-order valence-corrected chi connectivity index (χ4v) is 2.94. The first-order valence-corrected chi connectivity index (χ1v) is 7.86. The van der Waals surface area contributed by atoms with Crippen LogP contribution < -0.4 is 5.32 Å². The molecule has 0 amide bonds. The summed E-state index contributed by atoms with van der Waals surface area (Å²) in [5.74, 6) is 0. The van der Waals surface area contributed by atoms with Gasteiger partial charge in [-0.15, -0.1) is 0 Å². The third kappa shape index (κ3) is 5.03. The molecule has 7 heteroatoms. The van der Waals surface area contributed by atoms with Gasteiger partial charge in [0, 0.05) is 42.8 Å². The number of morpholine rings is 1. The molecule has 1 atom stereocenters. The standard InChI is InChI=1S/C14H20BrN3O3/c1-2-17-3-4-21-14(10-17)9-16-8-11-5-12(15)7-13(6-11)18(19)20/h5-7,14,16H,2-4,8-10H2,1H3. The minimum Gasteiger partial charge on any atom is -0.374 e. The van der Waals surface area contributed by atoms with Crippen LogP contribution in [0, 0.1) is 10.1 Å². The Kier molecular flexibility index (Phi) is 6.10. The van der Waals surface area contributed by atoms with Crippen molar-refractivity contribution >= 4 is 21.6 Å². The predicted octanol–water partition coefficient (Wildman–Crippen LogP) is 2.17. The van der Waals surface area contributed by atoms with E-state index in [0.29, 0.717) is 6.54 Å². The molecule has 116 valence electrons. The van der Waals surface area contributed by atoms with E-state index in [1.165, 1.54) is 6.07 Å². The topological polar surface area (TPSA) is 67.6 Å². The minimum atomic E-state index is -0.377. The molecule has 0 saturated carbocycles. The Morgan fingerprint density at radius 1 is 1.52 bits per heavy atom. The van der Waals surface area contributed by atoms with E-state index in [4.69, 9.17) is 4.74 Å². The molecule has 0 bridgehead atoms. The highest BCUT2D eigenvalue weighted by Gasteiger charge is 2.18. The molecule has 1 heterocycles. The van der Waals surface area contributed by atoms with Gasteiger partial charge < -0.3 is 10.1 Å². The van der Waals surface area contributed by atoms with Gasteiger partial charge in [0.05, 0.1) is 17.6 Å². The van der Waals surface area contributed by atoms with Gasteiger partial charge in [-0.05, 0) is 18.2 Å². The number of halogens is 1. The predicted molar refractivity (Wildman–Crippen MR) is 84.4 cm³/mol. The van der Waals surface area contributed by atoms with Gasteiger partial charge in [0.15, 0.2) is 0 Å². The van der Waals surface area contributed by atoms with Crippen LogP contribution in [0.2, 0.25) is 0 Å². The van der Waals surface area contributed by atoms with Gasteiger partial charge >= 0.3 is 0 Å². The highest BCUT2D eigenvalue weighted by molar-refractivity contribution is 9.10. The molecule has 0 spiro atoms. The summed E-state index contributed by atoms with van der Waals surface area (Å²) in [6, 6.07) is 4.99. The monoisotopic (exact) mass is 357 g/mol. The summed E-state index contributed by atoms with van der Waals surface area (Å²) in [6.45, 7) is 7.21. The summed E-state index contributed by atoms with van der Waals surface area (Å²) in [5.41, 5.74) is 0.992. The molecule has 0 aliphatic carbocycles. The van der Waals surface area contributed by atoms with Crippen molar-refractivity contribution in [2.75, 3.05) is 32.8 Å². The van der Waals surface area contributed by atoms with Crippen molar-refractivity contribution in [3.63, 3.8) is 0 Å². The zero-order valence-electron chi connectivity index (χ0n) is 12.0. The number of ether oxygens (including phenoxy) is 1. The molecule has 0 aromatic heterocycles. The van der Waals surface area contributed by atoms with Crippen LogP contribution in [0.15, 0.2) is 22.7 Å². The number of hydrogen-bond donors (Lipinski definition) is 1. The van der Waals surface area contributed by atoms with Gasteiger partial charge in [-0.25, -0.2) is 0 Å². The minimum absolute atomic E-state index is 0.104. The Bertz CT molecular complexity index is 498. The third-order valence-electron chi connectivity index (χ3n) is 3.52. The molecular weight excluding hydrogens is 338 g/mol. The van der Waals surface area contributed by atoms with Gasteiger partial charge in [-0.3, -0.25) is 15.0 Å². The number of nitrogens with zero attached hydrogens (tertiary/aromatic N) is 2. The summed E-state index contributed by atoms with van der Waals surface area (Å²) in [7, 11) is 0. The molecule has 21 heavy (non-hydrogen) atoms. The summed E-state index contributed by atoms with van der Waals surface area (Å²) >= 11 is 3.30. The molecule has 1 aliphatic heterocycles. The fraction of sp³-hybridized carbons (Fsp3) is 0.571. The highest BCUT2D eigenvalue weighted by Crippen LogP contribution is 2.21. The van der Waals surface area contributed by atoms with Crippen LogP contribution in [0.4, 0.5) is 5.69 Å². The number of benzene rings is 1. The van der Waals surface area contributed by atoms with E-state index in [0.717, 1.165) is 42.8 Å². The molecule has 1 unspecified atom stereocenters. The molecule has 1 saturated heterocycles. The van der Waals surface area contributed by atoms with Gasteiger partial charge in [-0.2, -0.15) is 0 Å². The molecule has 0 radical (unpaired) electrons. The number of non-ortho nitro benzene ring substituents is 1. The van der Waals surface area contributed by atoms with E-state index in [-0.39, 0.29) is 16.7 Å². The van der Waals surface area contributed by atoms with Crippen molar-refractivity contribution in [1.82, 2.24) is 10.2 Å². The van der Waals surface area contributed by atoms with E-state index in [1.54, 1.807) is 6.07 Å². The van der Waals surface area contributed by atoms with Crippen molar-refractivity contribution in [3.8, 4) is 0 Å². The van der Waals surface area contributed by atoms with Gasteiger partial charge in [0.2, 0.25) is 0 Å². The lowest BCUT2D eigenvalue weighted by Gasteiger charge is -2.32. The van der Waals surface area contributed by atoms with Crippen LogP contribution in [0.3, 0.4) is 0 Å². The van der Waals surface area contributed by atoms with Crippen molar-refractivity contribution in [2.45, 2.75) is 19.6 Å². The van der Waals surface area contributed by atoms with Crippen molar-refractivity contribution < 1.29 is 9.66 Å². The summed E-state index contributed by atoms with van der Waals surface area (Å²) in [6.07, 6.45) is 0.181. The Morgan fingerprint density at radius 3 is 3.05 bits per heavy atom. The fourth-order valence-electron chi connectivity index (χ4n) is 2.41. The highest BCUT2D eigenvalue weighted by atomic mass is 79.9. The summed E-state index contributed by atoms with van der Waals surface area (Å²) in [5, 5.41) is 14.1. The lowest BCUT2D eigenvalue weighted by atomic mass is 10.2. The lowest BCUT2D eigenvalue weighted by molar-refractivity contribution is -0.385. The van der Waals surface area contributed by atoms with Crippen LogP contribution >= 0.6 is 15.9 Å². The molecule has 1 fully saturated rings.